The molecule has 1 saturated heterocycles. The van der Waals surface area contributed by atoms with Crippen molar-refractivity contribution in [3.05, 3.63) is 0 Å². The van der Waals surface area contributed by atoms with Gasteiger partial charge in [-0.05, 0) is 52.5 Å². The van der Waals surface area contributed by atoms with Crippen LogP contribution in [0.1, 0.15) is 47.0 Å². The Hall–Kier alpha value is -0.810. The largest absolute Gasteiger partial charge is 0.444 e. The smallest absolute Gasteiger partial charge is 0.410 e. The van der Waals surface area contributed by atoms with Crippen LogP contribution in [0.5, 0.6) is 0 Å². The van der Waals surface area contributed by atoms with Crippen molar-refractivity contribution in [1.29, 1.82) is 0 Å². The number of ether oxygens (including phenoxy) is 1. The van der Waals surface area contributed by atoms with Gasteiger partial charge in [0.05, 0.1) is 0 Å². The molecule has 0 aromatic heterocycles. The highest BCUT2D eigenvalue weighted by Gasteiger charge is 2.27. The molecule has 0 bridgehead atoms. The number of amides is 1. The number of aliphatic hydroxyl groups excluding tert-OH is 1. The van der Waals surface area contributed by atoms with Crippen LogP contribution in [0.15, 0.2) is 0 Å². The van der Waals surface area contributed by atoms with Crippen LogP contribution in [0.4, 0.5) is 4.79 Å². The highest BCUT2D eigenvalue weighted by Crippen LogP contribution is 2.15. The van der Waals surface area contributed by atoms with Crippen molar-refractivity contribution >= 4 is 6.09 Å². The van der Waals surface area contributed by atoms with Gasteiger partial charge in [0.2, 0.25) is 0 Å². The monoisotopic (exact) mass is 286 g/mol. The quantitative estimate of drug-likeness (QED) is 0.811. The lowest BCUT2D eigenvalue weighted by atomic mass is 10.0. The lowest BCUT2D eigenvalue weighted by Crippen LogP contribution is -2.50. The fourth-order valence-corrected chi connectivity index (χ4v) is 2.33. The molecular weight excluding hydrogens is 256 g/mol. The second kappa shape index (κ2) is 7.84. The number of aliphatic hydroxyl groups is 1. The third-order valence-corrected chi connectivity index (χ3v) is 3.45. The Morgan fingerprint density at radius 3 is 2.80 bits per heavy atom. The van der Waals surface area contributed by atoms with Crippen LogP contribution in [-0.2, 0) is 4.74 Å². The van der Waals surface area contributed by atoms with Gasteiger partial charge in [0.15, 0.2) is 0 Å². The highest BCUT2D eigenvalue weighted by molar-refractivity contribution is 5.68. The van der Waals surface area contributed by atoms with E-state index in [2.05, 4.69) is 12.2 Å². The number of carbonyl (C=O) groups is 1. The lowest BCUT2D eigenvalue weighted by Gasteiger charge is -2.35. The van der Waals surface area contributed by atoms with Crippen LogP contribution in [0, 0.1) is 5.92 Å². The number of carbonyl (C=O) groups excluding carboxylic acids is 1. The summed E-state index contributed by atoms with van der Waals surface area (Å²) in [7, 11) is 0. The molecule has 1 amide bonds. The van der Waals surface area contributed by atoms with E-state index in [1.165, 1.54) is 0 Å². The van der Waals surface area contributed by atoms with Crippen molar-refractivity contribution in [2.24, 2.45) is 5.92 Å². The van der Waals surface area contributed by atoms with Crippen molar-refractivity contribution in [3.63, 3.8) is 0 Å². The highest BCUT2D eigenvalue weighted by atomic mass is 16.6. The summed E-state index contributed by atoms with van der Waals surface area (Å²) in [6.07, 6.45) is 2.69. The van der Waals surface area contributed by atoms with Gasteiger partial charge in [-0.25, -0.2) is 4.79 Å². The van der Waals surface area contributed by atoms with Gasteiger partial charge in [-0.1, -0.05) is 6.92 Å². The molecule has 2 N–H and O–H groups in total. The number of piperidine rings is 1. The number of rotatable bonds is 5. The van der Waals surface area contributed by atoms with E-state index in [1.807, 2.05) is 20.8 Å². The van der Waals surface area contributed by atoms with Gasteiger partial charge in [0.1, 0.15) is 5.60 Å². The molecule has 1 heterocycles. The Balaban J connectivity index is 2.36. The van der Waals surface area contributed by atoms with E-state index in [0.29, 0.717) is 18.5 Å². The zero-order valence-electron chi connectivity index (χ0n) is 13.3. The Morgan fingerprint density at radius 1 is 1.50 bits per heavy atom. The minimum atomic E-state index is -0.437. The Labute approximate surface area is 122 Å². The van der Waals surface area contributed by atoms with E-state index in [1.54, 1.807) is 4.90 Å². The SMILES string of the molecule is CC(CCO)CNC1CCCN(C(=O)OC(C)(C)C)C1. The summed E-state index contributed by atoms with van der Waals surface area (Å²) < 4.78 is 5.42. The van der Waals surface area contributed by atoms with E-state index in [4.69, 9.17) is 9.84 Å². The van der Waals surface area contributed by atoms with Crippen molar-refractivity contribution < 1.29 is 14.6 Å². The fourth-order valence-electron chi connectivity index (χ4n) is 2.33. The van der Waals surface area contributed by atoms with Gasteiger partial charge in [-0.3, -0.25) is 0 Å². The summed E-state index contributed by atoms with van der Waals surface area (Å²) in [5.41, 5.74) is -0.437. The van der Waals surface area contributed by atoms with Gasteiger partial charge in [0.25, 0.3) is 0 Å². The molecule has 1 rings (SSSR count). The fraction of sp³-hybridized carbons (Fsp3) is 0.933. The third kappa shape index (κ3) is 6.57. The van der Waals surface area contributed by atoms with E-state index >= 15 is 0 Å². The van der Waals surface area contributed by atoms with Gasteiger partial charge in [-0.2, -0.15) is 0 Å². The zero-order chi connectivity index (χ0) is 15.2. The minimum Gasteiger partial charge on any atom is -0.444 e. The van der Waals surface area contributed by atoms with Crippen LogP contribution in [0.25, 0.3) is 0 Å². The summed E-state index contributed by atoms with van der Waals surface area (Å²) in [5, 5.41) is 12.4. The second-order valence-electron chi connectivity index (χ2n) is 6.79. The average Bonchev–Trinajstić information content (AvgIpc) is 2.35. The molecule has 1 aliphatic rings. The molecule has 0 aromatic carbocycles. The van der Waals surface area contributed by atoms with Crippen LogP contribution >= 0.6 is 0 Å². The molecule has 5 heteroatoms. The summed E-state index contributed by atoms with van der Waals surface area (Å²) in [5.74, 6) is 0.455. The van der Waals surface area contributed by atoms with Crippen molar-refractivity contribution in [3.8, 4) is 0 Å². The predicted molar refractivity (Wildman–Crippen MR) is 79.7 cm³/mol. The first kappa shape index (κ1) is 17.2. The molecular formula is C15H30N2O3. The number of likely N-dealkylation sites (tertiary alicyclic amines) is 1. The molecule has 5 nitrogen and oxygen atoms in total. The van der Waals surface area contributed by atoms with E-state index in [9.17, 15) is 4.79 Å². The van der Waals surface area contributed by atoms with Crippen molar-refractivity contribution in [1.82, 2.24) is 10.2 Å². The first-order valence-corrected chi connectivity index (χ1v) is 7.64. The number of nitrogens with zero attached hydrogens (tertiary/aromatic N) is 1. The van der Waals surface area contributed by atoms with Crippen molar-refractivity contribution in [2.45, 2.75) is 58.6 Å². The zero-order valence-corrected chi connectivity index (χ0v) is 13.3. The Bertz CT molecular complexity index is 302. The summed E-state index contributed by atoms with van der Waals surface area (Å²) in [6.45, 7) is 10.4. The molecule has 1 aliphatic heterocycles. The third-order valence-electron chi connectivity index (χ3n) is 3.45. The minimum absolute atomic E-state index is 0.215. The van der Waals surface area contributed by atoms with Crippen LogP contribution in [-0.4, -0.2) is 54.0 Å². The molecule has 0 aliphatic carbocycles. The predicted octanol–water partition coefficient (Wildman–Crippen LogP) is 1.99. The maximum atomic E-state index is 12.0. The van der Waals surface area contributed by atoms with Crippen LogP contribution in [0.3, 0.4) is 0 Å². The molecule has 118 valence electrons. The van der Waals surface area contributed by atoms with Crippen molar-refractivity contribution in [2.75, 3.05) is 26.2 Å². The van der Waals surface area contributed by atoms with Crippen LogP contribution in [0.2, 0.25) is 0 Å². The molecule has 0 spiro atoms. The molecule has 20 heavy (non-hydrogen) atoms. The summed E-state index contributed by atoms with van der Waals surface area (Å²) in [4.78, 5) is 13.8. The van der Waals surface area contributed by atoms with E-state index in [-0.39, 0.29) is 12.7 Å². The molecule has 2 atom stereocenters. The molecule has 0 radical (unpaired) electrons. The van der Waals surface area contributed by atoms with Gasteiger partial charge in [-0.15, -0.1) is 0 Å². The lowest BCUT2D eigenvalue weighted by molar-refractivity contribution is 0.0186. The molecule has 0 aromatic rings. The van der Waals surface area contributed by atoms with Gasteiger partial charge in [0, 0.05) is 25.7 Å². The molecule has 0 saturated carbocycles. The van der Waals surface area contributed by atoms with Crippen LogP contribution < -0.4 is 5.32 Å². The number of hydrogen-bond donors (Lipinski definition) is 2. The number of hydrogen-bond acceptors (Lipinski definition) is 4. The first-order chi connectivity index (χ1) is 9.31. The van der Waals surface area contributed by atoms with Gasteiger partial charge >= 0.3 is 6.09 Å². The number of nitrogens with one attached hydrogen (secondary N) is 1. The first-order valence-electron chi connectivity index (χ1n) is 7.64. The van der Waals surface area contributed by atoms with Gasteiger partial charge < -0.3 is 20.1 Å². The molecule has 1 fully saturated rings. The second-order valence-corrected chi connectivity index (χ2v) is 6.79. The normalized spacial score (nSPS) is 21.6. The molecule has 2 unspecified atom stereocenters. The maximum absolute atomic E-state index is 12.0. The maximum Gasteiger partial charge on any atom is 0.410 e. The van der Waals surface area contributed by atoms with E-state index < -0.39 is 5.60 Å². The topological polar surface area (TPSA) is 61.8 Å². The Morgan fingerprint density at radius 2 is 2.20 bits per heavy atom. The standard InChI is InChI=1S/C15H30N2O3/c1-12(7-9-18)10-16-13-6-5-8-17(11-13)14(19)20-15(2,3)4/h12-13,16,18H,5-11H2,1-4H3. The summed E-state index contributed by atoms with van der Waals surface area (Å²) in [6, 6.07) is 0.331. The average molecular weight is 286 g/mol. The summed E-state index contributed by atoms with van der Waals surface area (Å²) >= 11 is 0. The van der Waals surface area contributed by atoms with E-state index in [0.717, 1.165) is 32.4 Å². The Kier molecular flexibility index (Phi) is 6.76.